The average Bonchev–Trinajstić information content (AvgIpc) is 3.34. The fourth-order valence-electron chi connectivity index (χ4n) is 3.09. The van der Waals surface area contributed by atoms with Crippen molar-refractivity contribution >= 4 is 38.3 Å². The number of aryl methyl sites for hydroxylation is 1. The van der Waals surface area contributed by atoms with Gasteiger partial charge in [-0.05, 0) is 55.0 Å². The largest absolute Gasteiger partial charge is 0.265 e. The van der Waals surface area contributed by atoms with Gasteiger partial charge in [-0.15, -0.1) is 10.2 Å². The van der Waals surface area contributed by atoms with Gasteiger partial charge in [0.1, 0.15) is 0 Å². The van der Waals surface area contributed by atoms with E-state index in [2.05, 4.69) is 39.7 Å². The minimum atomic E-state index is 0.652. The highest BCUT2D eigenvalue weighted by atomic mass is 35.5. The maximum Gasteiger partial charge on any atom is 0.203 e. The Kier molecular flexibility index (Phi) is 4.46. The van der Waals surface area contributed by atoms with Gasteiger partial charge in [0.05, 0.1) is 10.2 Å². The molecule has 5 aromatic rings. The van der Waals surface area contributed by atoms with Gasteiger partial charge in [0.2, 0.25) is 5.13 Å². The first-order chi connectivity index (χ1) is 14.2. The number of fused-ring (bicyclic) bond motifs is 1. The van der Waals surface area contributed by atoms with E-state index in [1.54, 1.807) is 23.7 Å². The van der Waals surface area contributed by atoms with Crippen LogP contribution < -0.4 is 5.43 Å². The quantitative estimate of drug-likeness (QED) is 0.420. The predicted octanol–water partition coefficient (Wildman–Crippen LogP) is 5.45. The summed E-state index contributed by atoms with van der Waals surface area (Å²) in [6.45, 7) is 2.06. The highest BCUT2D eigenvalue weighted by molar-refractivity contribution is 7.22. The van der Waals surface area contributed by atoms with E-state index in [0.717, 1.165) is 32.0 Å². The van der Waals surface area contributed by atoms with Gasteiger partial charge in [0.15, 0.2) is 11.6 Å². The monoisotopic (exact) mass is 418 g/mol. The number of hydrogen-bond donors (Lipinski definition) is 1. The predicted molar refractivity (Wildman–Crippen MR) is 117 cm³/mol. The summed E-state index contributed by atoms with van der Waals surface area (Å²) in [6, 6.07) is 17.5. The van der Waals surface area contributed by atoms with Crippen LogP contribution in [-0.4, -0.2) is 24.8 Å². The third kappa shape index (κ3) is 3.35. The summed E-state index contributed by atoms with van der Waals surface area (Å²) in [5, 5.41) is 10.3. The average molecular weight is 419 g/mol. The molecule has 142 valence electrons. The highest BCUT2D eigenvalue weighted by Crippen LogP contribution is 2.30. The van der Waals surface area contributed by atoms with Crippen molar-refractivity contribution in [2.24, 2.45) is 0 Å². The molecule has 0 spiro atoms. The molecule has 29 heavy (non-hydrogen) atoms. The molecule has 6 nitrogen and oxygen atoms in total. The van der Waals surface area contributed by atoms with E-state index in [0.29, 0.717) is 16.7 Å². The second kappa shape index (κ2) is 7.27. The third-order valence-electron chi connectivity index (χ3n) is 4.51. The first kappa shape index (κ1) is 17.8. The molecule has 0 radical (unpaired) electrons. The van der Waals surface area contributed by atoms with Crippen molar-refractivity contribution in [2.45, 2.75) is 6.92 Å². The molecular formula is C21H15ClN6S. The van der Waals surface area contributed by atoms with E-state index >= 15 is 0 Å². The van der Waals surface area contributed by atoms with Gasteiger partial charge in [0, 0.05) is 28.5 Å². The van der Waals surface area contributed by atoms with Crippen molar-refractivity contribution in [3.8, 4) is 22.8 Å². The minimum absolute atomic E-state index is 0.652. The van der Waals surface area contributed by atoms with Crippen LogP contribution in [0.3, 0.4) is 0 Å². The molecule has 0 amide bonds. The third-order valence-corrected chi connectivity index (χ3v) is 5.69. The summed E-state index contributed by atoms with van der Waals surface area (Å²) in [6.07, 6.45) is 3.49. The lowest BCUT2D eigenvalue weighted by Crippen LogP contribution is -2.12. The van der Waals surface area contributed by atoms with Crippen LogP contribution in [0, 0.1) is 6.92 Å². The van der Waals surface area contributed by atoms with Crippen LogP contribution in [-0.2, 0) is 0 Å². The molecule has 0 fully saturated rings. The molecule has 0 aliphatic rings. The van der Waals surface area contributed by atoms with Crippen molar-refractivity contribution in [1.82, 2.24) is 24.8 Å². The van der Waals surface area contributed by atoms with E-state index in [1.807, 2.05) is 47.1 Å². The molecule has 3 aromatic heterocycles. The zero-order valence-electron chi connectivity index (χ0n) is 15.4. The Bertz CT molecular complexity index is 1290. The molecule has 0 saturated heterocycles. The van der Waals surface area contributed by atoms with Crippen molar-refractivity contribution in [2.75, 3.05) is 5.43 Å². The number of benzene rings is 2. The zero-order valence-corrected chi connectivity index (χ0v) is 16.9. The highest BCUT2D eigenvalue weighted by Gasteiger charge is 2.17. The Morgan fingerprint density at radius 2 is 1.72 bits per heavy atom. The van der Waals surface area contributed by atoms with E-state index in [1.165, 1.54) is 0 Å². The molecule has 0 aliphatic carbocycles. The first-order valence-electron chi connectivity index (χ1n) is 8.94. The lowest BCUT2D eigenvalue weighted by molar-refractivity contribution is 0.965. The van der Waals surface area contributed by atoms with Crippen LogP contribution in [0.15, 0.2) is 67.0 Å². The lowest BCUT2D eigenvalue weighted by atomic mass is 10.2. The minimum Gasteiger partial charge on any atom is -0.265 e. The first-order valence-corrected chi connectivity index (χ1v) is 10.1. The molecule has 5 rings (SSSR count). The number of anilines is 1. The van der Waals surface area contributed by atoms with Crippen molar-refractivity contribution in [3.05, 3.63) is 77.6 Å². The second-order valence-corrected chi connectivity index (χ2v) is 7.95. The molecule has 0 aliphatic heterocycles. The number of thiazole rings is 1. The standard InChI is InChI=1S/C21H15ClN6S/c1-13-4-2-6-17-18(13)24-21(29-17)27-28-19(14-7-9-16(22)10-8-14)25-26-20(28)15-5-3-11-23-12-15/h2-12H,1H3,(H,24,27). The van der Waals surface area contributed by atoms with Crippen LogP contribution in [0.25, 0.3) is 33.0 Å². The van der Waals surface area contributed by atoms with Gasteiger partial charge in [0.25, 0.3) is 0 Å². The van der Waals surface area contributed by atoms with Crippen LogP contribution in [0.5, 0.6) is 0 Å². The van der Waals surface area contributed by atoms with Gasteiger partial charge in [-0.3, -0.25) is 10.4 Å². The molecule has 8 heteroatoms. The number of nitrogens with one attached hydrogen (secondary N) is 1. The summed E-state index contributed by atoms with van der Waals surface area (Å²) >= 11 is 7.64. The normalized spacial score (nSPS) is 11.1. The van der Waals surface area contributed by atoms with Crippen molar-refractivity contribution < 1.29 is 0 Å². The Hall–Kier alpha value is -3.29. The SMILES string of the molecule is Cc1cccc2sc(Nn3c(-c4ccc(Cl)cc4)nnc3-c3cccnc3)nc12. The van der Waals surface area contributed by atoms with E-state index < -0.39 is 0 Å². The molecule has 0 bridgehead atoms. The summed E-state index contributed by atoms with van der Waals surface area (Å²) in [7, 11) is 0. The molecule has 0 unspecified atom stereocenters. The summed E-state index contributed by atoms with van der Waals surface area (Å²) in [5.74, 6) is 1.32. The summed E-state index contributed by atoms with van der Waals surface area (Å²) < 4.78 is 2.96. The fourth-order valence-corrected chi connectivity index (χ4v) is 4.15. The number of hydrogen-bond acceptors (Lipinski definition) is 6. The van der Waals surface area contributed by atoms with Gasteiger partial charge in [-0.2, -0.15) is 0 Å². The summed E-state index contributed by atoms with van der Waals surface area (Å²) in [4.78, 5) is 8.97. The van der Waals surface area contributed by atoms with Crippen molar-refractivity contribution in [1.29, 1.82) is 0 Å². The van der Waals surface area contributed by atoms with Gasteiger partial charge < -0.3 is 0 Å². The molecular weight excluding hydrogens is 404 g/mol. The lowest BCUT2D eigenvalue weighted by Gasteiger charge is -2.11. The Labute approximate surface area is 175 Å². The number of aromatic nitrogens is 5. The number of halogens is 1. The van der Waals surface area contributed by atoms with E-state index in [4.69, 9.17) is 16.6 Å². The van der Waals surface area contributed by atoms with Crippen LogP contribution in [0.2, 0.25) is 5.02 Å². The van der Waals surface area contributed by atoms with Gasteiger partial charge in [-0.25, -0.2) is 9.66 Å². The summed E-state index contributed by atoms with van der Waals surface area (Å²) in [5.41, 5.74) is 7.26. The molecule has 2 aromatic carbocycles. The Morgan fingerprint density at radius 1 is 0.931 bits per heavy atom. The van der Waals surface area contributed by atoms with Gasteiger partial charge in [-0.1, -0.05) is 35.1 Å². The Morgan fingerprint density at radius 3 is 2.45 bits per heavy atom. The number of pyridine rings is 1. The van der Waals surface area contributed by atoms with Crippen LogP contribution in [0.4, 0.5) is 5.13 Å². The smallest absolute Gasteiger partial charge is 0.203 e. The van der Waals surface area contributed by atoms with Gasteiger partial charge >= 0.3 is 0 Å². The van der Waals surface area contributed by atoms with Crippen LogP contribution >= 0.6 is 22.9 Å². The number of rotatable bonds is 4. The molecule has 3 heterocycles. The molecule has 0 saturated carbocycles. The van der Waals surface area contributed by atoms with E-state index in [-0.39, 0.29) is 0 Å². The Balaban J connectivity index is 1.64. The maximum absolute atomic E-state index is 6.05. The topological polar surface area (TPSA) is 68.5 Å². The van der Waals surface area contributed by atoms with E-state index in [9.17, 15) is 0 Å². The second-order valence-electron chi connectivity index (χ2n) is 6.48. The zero-order chi connectivity index (χ0) is 19.8. The molecule has 0 atom stereocenters. The fraction of sp³-hybridized carbons (Fsp3) is 0.0476. The van der Waals surface area contributed by atoms with Crippen molar-refractivity contribution in [3.63, 3.8) is 0 Å². The molecule has 1 N–H and O–H groups in total. The van der Waals surface area contributed by atoms with Crippen LogP contribution in [0.1, 0.15) is 5.56 Å². The number of para-hydroxylation sites is 1. The number of nitrogens with zero attached hydrogens (tertiary/aromatic N) is 5. The maximum atomic E-state index is 6.05.